The summed E-state index contributed by atoms with van der Waals surface area (Å²) in [7, 11) is 0. The summed E-state index contributed by atoms with van der Waals surface area (Å²) in [6.07, 6.45) is 1.48. The van der Waals surface area contributed by atoms with E-state index in [-0.39, 0.29) is 11.8 Å². The van der Waals surface area contributed by atoms with Gasteiger partial charge in [0.2, 0.25) is 5.91 Å². The fourth-order valence-corrected chi connectivity index (χ4v) is 3.59. The SMILES string of the molecule is O=C(Nc1ccc(N2CCCC2=O)cc1)c1cccc(OCc2cscn2)c1. The molecule has 0 spiro atoms. The molecule has 6 nitrogen and oxygen atoms in total. The maximum absolute atomic E-state index is 12.6. The van der Waals surface area contributed by atoms with E-state index in [1.807, 2.05) is 23.6 Å². The quantitative estimate of drug-likeness (QED) is 0.684. The summed E-state index contributed by atoms with van der Waals surface area (Å²) < 4.78 is 5.70. The molecule has 1 N–H and O–H groups in total. The van der Waals surface area contributed by atoms with Crippen molar-refractivity contribution in [2.24, 2.45) is 0 Å². The first kappa shape index (κ1) is 18.2. The van der Waals surface area contributed by atoms with Crippen molar-refractivity contribution in [1.82, 2.24) is 4.98 Å². The van der Waals surface area contributed by atoms with Crippen LogP contribution in [0.2, 0.25) is 0 Å². The van der Waals surface area contributed by atoms with Crippen LogP contribution in [0.1, 0.15) is 28.9 Å². The van der Waals surface area contributed by atoms with Gasteiger partial charge < -0.3 is 15.0 Å². The van der Waals surface area contributed by atoms with E-state index in [1.54, 1.807) is 40.7 Å². The zero-order valence-corrected chi connectivity index (χ0v) is 15.9. The Hall–Kier alpha value is -3.19. The summed E-state index contributed by atoms with van der Waals surface area (Å²) in [5.74, 6) is 0.541. The van der Waals surface area contributed by atoms with Gasteiger partial charge in [0.25, 0.3) is 5.91 Å². The number of anilines is 2. The van der Waals surface area contributed by atoms with Gasteiger partial charge in [-0.15, -0.1) is 11.3 Å². The average molecular weight is 393 g/mol. The van der Waals surface area contributed by atoms with E-state index in [0.717, 1.165) is 24.3 Å². The van der Waals surface area contributed by atoms with Crippen LogP contribution in [0.5, 0.6) is 5.75 Å². The summed E-state index contributed by atoms with van der Waals surface area (Å²) in [6, 6.07) is 14.4. The van der Waals surface area contributed by atoms with E-state index >= 15 is 0 Å². The molecule has 1 aliphatic heterocycles. The molecule has 2 heterocycles. The van der Waals surface area contributed by atoms with Gasteiger partial charge in [-0.2, -0.15) is 0 Å². The molecule has 142 valence electrons. The Morgan fingerprint density at radius 1 is 1.21 bits per heavy atom. The minimum Gasteiger partial charge on any atom is -0.487 e. The number of amides is 2. The van der Waals surface area contributed by atoms with Gasteiger partial charge in [0.05, 0.1) is 11.2 Å². The molecule has 4 rings (SSSR count). The largest absolute Gasteiger partial charge is 0.487 e. The zero-order valence-electron chi connectivity index (χ0n) is 15.1. The molecule has 2 amide bonds. The molecule has 0 atom stereocenters. The average Bonchev–Trinajstić information content (AvgIpc) is 3.39. The minimum absolute atomic E-state index is 0.145. The van der Waals surface area contributed by atoms with E-state index in [9.17, 15) is 9.59 Å². The minimum atomic E-state index is -0.218. The third-order valence-electron chi connectivity index (χ3n) is 4.48. The maximum atomic E-state index is 12.6. The summed E-state index contributed by atoms with van der Waals surface area (Å²) in [4.78, 5) is 30.3. The Kier molecular flexibility index (Phi) is 5.34. The van der Waals surface area contributed by atoms with Gasteiger partial charge in [-0.05, 0) is 48.9 Å². The van der Waals surface area contributed by atoms with E-state index in [1.165, 1.54) is 11.3 Å². The maximum Gasteiger partial charge on any atom is 0.255 e. The van der Waals surface area contributed by atoms with Crippen molar-refractivity contribution in [3.63, 3.8) is 0 Å². The third kappa shape index (κ3) is 4.20. The number of nitrogens with zero attached hydrogens (tertiary/aromatic N) is 2. The lowest BCUT2D eigenvalue weighted by Gasteiger charge is -2.16. The van der Waals surface area contributed by atoms with Crippen molar-refractivity contribution in [1.29, 1.82) is 0 Å². The topological polar surface area (TPSA) is 71.5 Å². The number of ether oxygens (including phenoxy) is 1. The Morgan fingerprint density at radius 3 is 2.79 bits per heavy atom. The molecule has 0 unspecified atom stereocenters. The van der Waals surface area contributed by atoms with E-state index in [2.05, 4.69) is 10.3 Å². The first-order valence-corrected chi connectivity index (χ1v) is 9.95. The van der Waals surface area contributed by atoms with Crippen LogP contribution in [0.15, 0.2) is 59.4 Å². The summed E-state index contributed by atoms with van der Waals surface area (Å²) in [5.41, 5.74) is 4.66. The van der Waals surface area contributed by atoms with Gasteiger partial charge in [0.15, 0.2) is 0 Å². The molecular weight excluding hydrogens is 374 g/mol. The molecule has 2 aromatic carbocycles. The number of hydrogen-bond acceptors (Lipinski definition) is 5. The van der Waals surface area contributed by atoms with Crippen LogP contribution in [0, 0.1) is 0 Å². The van der Waals surface area contributed by atoms with Crippen LogP contribution in [0.4, 0.5) is 11.4 Å². The first-order chi connectivity index (χ1) is 13.7. The molecule has 1 fully saturated rings. The fraction of sp³-hybridized carbons (Fsp3) is 0.190. The van der Waals surface area contributed by atoms with Crippen LogP contribution in [0.25, 0.3) is 0 Å². The molecule has 1 saturated heterocycles. The van der Waals surface area contributed by atoms with E-state index in [4.69, 9.17) is 4.74 Å². The lowest BCUT2D eigenvalue weighted by Crippen LogP contribution is -2.23. The first-order valence-electron chi connectivity index (χ1n) is 9.01. The predicted octanol–water partition coefficient (Wildman–Crippen LogP) is 4.10. The van der Waals surface area contributed by atoms with Gasteiger partial charge in [0, 0.05) is 35.3 Å². The number of aromatic nitrogens is 1. The van der Waals surface area contributed by atoms with Crippen molar-refractivity contribution in [2.45, 2.75) is 19.4 Å². The Morgan fingerprint density at radius 2 is 2.07 bits per heavy atom. The van der Waals surface area contributed by atoms with Gasteiger partial charge in [-0.25, -0.2) is 4.98 Å². The molecule has 0 bridgehead atoms. The van der Waals surface area contributed by atoms with Crippen molar-refractivity contribution in [3.8, 4) is 5.75 Å². The van der Waals surface area contributed by atoms with Gasteiger partial charge >= 0.3 is 0 Å². The third-order valence-corrected chi connectivity index (χ3v) is 5.11. The van der Waals surface area contributed by atoms with Gasteiger partial charge in [-0.1, -0.05) is 6.07 Å². The van der Waals surface area contributed by atoms with Crippen LogP contribution in [-0.2, 0) is 11.4 Å². The molecule has 7 heteroatoms. The number of thiazole rings is 1. The van der Waals surface area contributed by atoms with Crippen LogP contribution in [-0.4, -0.2) is 23.3 Å². The molecule has 0 aliphatic carbocycles. The Labute approximate surface area is 166 Å². The Bertz CT molecular complexity index is 971. The van der Waals surface area contributed by atoms with Gasteiger partial charge in [0.1, 0.15) is 12.4 Å². The standard InChI is InChI=1S/C21H19N3O3S/c25-20-5-2-10-24(20)18-8-6-16(7-9-18)23-21(26)15-3-1-4-19(11-15)27-12-17-13-28-14-22-17/h1,3-4,6-9,11,13-14H,2,5,10,12H2,(H,23,26). The number of carbonyl (C=O) groups is 2. The molecule has 3 aromatic rings. The van der Waals surface area contributed by atoms with Crippen LogP contribution >= 0.6 is 11.3 Å². The highest BCUT2D eigenvalue weighted by molar-refractivity contribution is 7.07. The number of benzene rings is 2. The number of hydrogen-bond donors (Lipinski definition) is 1. The van der Waals surface area contributed by atoms with Crippen molar-refractivity contribution in [3.05, 3.63) is 70.7 Å². The Balaban J connectivity index is 1.39. The summed E-state index contributed by atoms with van der Waals surface area (Å²) in [6.45, 7) is 1.11. The van der Waals surface area contributed by atoms with Crippen molar-refractivity contribution >= 4 is 34.5 Å². The van der Waals surface area contributed by atoms with Crippen LogP contribution < -0.4 is 15.0 Å². The lowest BCUT2D eigenvalue weighted by atomic mass is 10.2. The molecule has 0 saturated carbocycles. The highest BCUT2D eigenvalue weighted by atomic mass is 32.1. The molecule has 1 aromatic heterocycles. The highest BCUT2D eigenvalue weighted by Gasteiger charge is 2.21. The van der Waals surface area contributed by atoms with Crippen molar-refractivity contribution < 1.29 is 14.3 Å². The number of carbonyl (C=O) groups excluding carboxylic acids is 2. The smallest absolute Gasteiger partial charge is 0.255 e. The second-order valence-electron chi connectivity index (χ2n) is 6.45. The van der Waals surface area contributed by atoms with Crippen LogP contribution in [0.3, 0.4) is 0 Å². The predicted molar refractivity (Wildman–Crippen MR) is 109 cm³/mol. The van der Waals surface area contributed by atoms with Crippen molar-refractivity contribution in [2.75, 3.05) is 16.8 Å². The zero-order chi connectivity index (χ0) is 19.3. The highest BCUT2D eigenvalue weighted by Crippen LogP contribution is 2.23. The summed E-state index contributed by atoms with van der Waals surface area (Å²) >= 11 is 1.52. The molecule has 1 aliphatic rings. The van der Waals surface area contributed by atoms with Gasteiger partial charge in [-0.3, -0.25) is 9.59 Å². The fourth-order valence-electron chi connectivity index (χ4n) is 3.04. The summed E-state index contributed by atoms with van der Waals surface area (Å²) in [5, 5.41) is 4.80. The lowest BCUT2D eigenvalue weighted by molar-refractivity contribution is -0.117. The number of nitrogens with one attached hydrogen (secondary N) is 1. The second-order valence-corrected chi connectivity index (χ2v) is 7.16. The number of rotatable bonds is 6. The monoisotopic (exact) mass is 393 g/mol. The second kappa shape index (κ2) is 8.22. The normalized spacial score (nSPS) is 13.6. The van der Waals surface area contributed by atoms with E-state index in [0.29, 0.717) is 30.0 Å². The van der Waals surface area contributed by atoms with E-state index < -0.39 is 0 Å². The molecular formula is C21H19N3O3S. The molecule has 0 radical (unpaired) electrons. The molecule has 28 heavy (non-hydrogen) atoms.